The van der Waals surface area contributed by atoms with Gasteiger partial charge in [-0.3, -0.25) is 10.1 Å². The van der Waals surface area contributed by atoms with Crippen LogP contribution >= 0.6 is 12.4 Å². The number of nitro benzene ring substituents is 1. The summed E-state index contributed by atoms with van der Waals surface area (Å²) in [7, 11) is 0. The Hall–Kier alpha value is -1.13. The molecule has 1 aromatic carbocycles. The molecule has 0 aliphatic carbocycles. The third kappa shape index (κ3) is 2.71. The minimum absolute atomic E-state index is 0. The van der Waals surface area contributed by atoms with Crippen molar-refractivity contribution in [3.8, 4) is 0 Å². The van der Waals surface area contributed by atoms with Crippen molar-refractivity contribution in [2.45, 2.75) is 25.3 Å². The Balaban J connectivity index is 0.00000128. The first-order valence-electron chi connectivity index (χ1n) is 5.26. The van der Waals surface area contributed by atoms with Crippen LogP contribution in [0.5, 0.6) is 0 Å². The summed E-state index contributed by atoms with van der Waals surface area (Å²) < 4.78 is 0. The van der Waals surface area contributed by atoms with E-state index in [1.807, 2.05) is 12.1 Å². The molecule has 0 radical (unpaired) electrons. The lowest BCUT2D eigenvalue weighted by molar-refractivity contribution is -0.385. The summed E-state index contributed by atoms with van der Waals surface area (Å²) in [4.78, 5) is 10.5. The molecule has 0 saturated carbocycles. The van der Waals surface area contributed by atoms with E-state index in [0.29, 0.717) is 0 Å². The predicted octanol–water partition coefficient (Wildman–Crippen LogP) is 2.83. The summed E-state index contributed by atoms with van der Waals surface area (Å²) in [6.07, 6.45) is 3.30. The van der Waals surface area contributed by atoms with E-state index in [9.17, 15) is 10.1 Å². The number of rotatable bonds is 2. The largest absolute Gasteiger partial charge is 0.310 e. The summed E-state index contributed by atoms with van der Waals surface area (Å²) in [6, 6.07) is 7.15. The van der Waals surface area contributed by atoms with Crippen LogP contribution in [0.3, 0.4) is 0 Å². The Morgan fingerprint density at radius 3 is 2.69 bits per heavy atom. The van der Waals surface area contributed by atoms with Crippen molar-refractivity contribution in [2.75, 3.05) is 6.54 Å². The minimum atomic E-state index is -0.300. The third-order valence-corrected chi connectivity index (χ3v) is 2.82. The van der Waals surface area contributed by atoms with E-state index < -0.39 is 0 Å². The molecule has 1 atom stereocenters. The fourth-order valence-corrected chi connectivity index (χ4v) is 2.07. The van der Waals surface area contributed by atoms with E-state index in [0.717, 1.165) is 31.4 Å². The molecule has 16 heavy (non-hydrogen) atoms. The first kappa shape index (κ1) is 12.9. The highest BCUT2D eigenvalue weighted by atomic mass is 35.5. The van der Waals surface area contributed by atoms with Gasteiger partial charge in [0.05, 0.1) is 4.92 Å². The first-order valence-corrected chi connectivity index (χ1v) is 5.26. The van der Waals surface area contributed by atoms with E-state index >= 15 is 0 Å². The number of nitrogens with one attached hydrogen (secondary N) is 1. The Kier molecular flexibility index (Phi) is 4.71. The Morgan fingerprint density at radius 1 is 1.31 bits per heavy atom. The van der Waals surface area contributed by atoms with Gasteiger partial charge in [-0.1, -0.05) is 24.6 Å². The molecule has 4 nitrogen and oxygen atoms in total. The number of halogens is 1. The number of nitrogens with zero attached hydrogens (tertiary/aromatic N) is 1. The average molecular weight is 243 g/mol. The highest BCUT2D eigenvalue weighted by molar-refractivity contribution is 5.85. The zero-order valence-corrected chi connectivity index (χ0v) is 9.70. The Bertz CT molecular complexity index is 365. The van der Waals surface area contributed by atoms with E-state index in [1.54, 1.807) is 12.1 Å². The molecule has 1 aliphatic rings. The van der Waals surface area contributed by atoms with Gasteiger partial charge in [0.1, 0.15) is 0 Å². The number of benzene rings is 1. The van der Waals surface area contributed by atoms with Gasteiger partial charge in [0, 0.05) is 17.7 Å². The molecule has 1 saturated heterocycles. The van der Waals surface area contributed by atoms with Crippen LogP contribution in [0.15, 0.2) is 24.3 Å². The van der Waals surface area contributed by atoms with Gasteiger partial charge in [0.25, 0.3) is 5.69 Å². The normalized spacial score (nSPS) is 19.9. The van der Waals surface area contributed by atoms with Crippen LogP contribution in [-0.2, 0) is 0 Å². The highest BCUT2D eigenvalue weighted by Gasteiger charge is 2.22. The van der Waals surface area contributed by atoms with Crippen LogP contribution in [0, 0.1) is 10.1 Å². The summed E-state index contributed by atoms with van der Waals surface area (Å²) in [5, 5.41) is 14.2. The fraction of sp³-hybridized carbons (Fsp3) is 0.455. The van der Waals surface area contributed by atoms with Crippen molar-refractivity contribution in [1.29, 1.82) is 0 Å². The topological polar surface area (TPSA) is 55.2 Å². The van der Waals surface area contributed by atoms with Crippen molar-refractivity contribution in [3.63, 3.8) is 0 Å². The second kappa shape index (κ2) is 5.82. The number of hydrogen-bond acceptors (Lipinski definition) is 3. The van der Waals surface area contributed by atoms with Crippen molar-refractivity contribution in [2.24, 2.45) is 0 Å². The molecule has 0 amide bonds. The van der Waals surface area contributed by atoms with Crippen molar-refractivity contribution >= 4 is 18.1 Å². The van der Waals surface area contributed by atoms with Crippen molar-refractivity contribution in [3.05, 3.63) is 39.9 Å². The fourth-order valence-electron chi connectivity index (χ4n) is 2.07. The number of piperidine rings is 1. The molecule has 5 heteroatoms. The highest BCUT2D eigenvalue weighted by Crippen LogP contribution is 2.29. The second-order valence-electron chi connectivity index (χ2n) is 3.82. The van der Waals surface area contributed by atoms with E-state index in [4.69, 9.17) is 0 Å². The molecule has 1 fully saturated rings. The Morgan fingerprint density at radius 2 is 2.06 bits per heavy atom. The molecular weight excluding hydrogens is 228 g/mol. The lowest BCUT2D eigenvalue weighted by Gasteiger charge is -2.23. The molecular formula is C11H15ClN2O2. The van der Waals surface area contributed by atoms with E-state index in [-0.39, 0.29) is 29.1 Å². The monoisotopic (exact) mass is 242 g/mol. The zero-order valence-electron chi connectivity index (χ0n) is 8.89. The van der Waals surface area contributed by atoms with Crippen LogP contribution < -0.4 is 5.32 Å². The minimum Gasteiger partial charge on any atom is -0.310 e. The lowest BCUT2D eigenvalue weighted by Crippen LogP contribution is -2.27. The maximum atomic E-state index is 10.8. The van der Waals surface area contributed by atoms with Gasteiger partial charge in [-0.05, 0) is 19.4 Å². The van der Waals surface area contributed by atoms with Crippen LogP contribution in [0.25, 0.3) is 0 Å². The van der Waals surface area contributed by atoms with Gasteiger partial charge in [0.2, 0.25) is 0 Å². The number of hydrogen-bond donors (Lipinski definition) is 1. The molecule has 0 unspecified atom stereocenters. The van der Waals surface area contributed by atoms with Crippen LogP contribution in [-0.4, -0.2) is 11.5 Å². The van der Waals surface area contributed by atoms with Gasteiger partial charge in [-0.2, -0.15) is 0 Å². The van der Waals surface area contributed by atoms with Gasteiger partial charge in [0.15, 0.2) is 0 Å². The first-order chi connectivity index (χ1) is 7.29. The summed E-state index contributed by atoms with van der Waals surface area (Å²) in [5.41, 5.74) is 1.05. The summed E-state index contributed by atoms with van der Waals surface area (Å²) in [5.74, 6) is 0. The maximum Gasteiger partial charge on any atom is 0.274 e. The molecule has 1 N–H and O–H groups in total. The van der Waals surface area contributed by atoms with Crippen LogP contribution in [0.1, 0.15) is 30.9 Å². The summed E-state index contributed by atoms with van der Waals surface area (Å²) in [6.45, 7) is 0.955. The van der Waals surface area contributed by atoms with Crippen LogP contribution in [0.2, 0.25) is 0 Å². The zero-order chi connectivity index (χ0) is 10.7. The SMILES string of the molecule is Cl.O=[N+]([O-])c1ccccc1[C@H]1CCCCN1. The quantitative estimate of drug-likeness (QED) is 0.641. The van der Waals surface area contributed by atoms with Gasteiger partial charge < -0.3 is 5.32 Å². The number of nitro groups is 1. The molecule has 1 aliphatic heterocycles. The molecule has 0 bridgehead atoms. The molecule has 0 spiro atoms. The third-order valence-electron chi connectivity index (χ3n) is 2.82. The smallest absolute Gasteiger partial charge is 0.274 e. The number of para-hydroxylation sites is 1. The molecule has 1 heterocycles. The van der Waals surface area contributed by atoms with Gasteiger partial charge in [-0.15, -0.1) is 12.4 Å². The van der Waals surface area contributed by atoms with Crippen molar-refractivity contribution in [1.82, 2.24) is 5.32 Å². The standard InChI is InChI=1S/C11H14N2O2.ClH/c14-13(15)11-7-2-1-5-9(11)10-6-3-4-8-12-10;/h1-2,5,7,10,12H,3-4,6,8H2;1H/t10-;/m1./s1. The molecule has 1 aromatic rings. The average Bonchev–Trinajstić information content (AvgIpc) is 2.30. The molecule has 88 valence electrons. The second-order valence-corrected chi connectivity index (χ2v) is 3.82. The van der Waals surface area contributed by atoms with E-state index in [1.165, 1.54) is 0 Å². The Labute approximate surface area is 101 Å². The molecule has 2 rings (SSSR count). The van der Waals surface area contributed by atoms with Crippen LogP contribution in [0.4, 0.5) is 5.69 Å². The van der Waals surface area contributed by atoms with Crippen molar-refractivity contribution < 1.29 is 4.92 Å². The van der Waals surface area contributed by atoms with Gasteiger partial charge in [-0.25, -0.2) is 0 Å². The lowest BCUT2D eigenvalue weighted by atomic mass is 9.96. The molecule has 0 aromatic heterocycles. The van der Waals surface area contributed by atoms with Gasteiger partial charge >= 0.3 is 0 Å². The summed E-state index contributed by atoms with van der Waals surface area (Å²) >= 11 is 0. The maximum absolute atomic E-state index is 10.8. The van der Waals surface area contributed by atoms with E-state index in [2.05, 4.69) is 5.32 Å². The predicted molar refractivity (Wildman–Crippen MR) is 64.9 cm³/mol.